The van der Waals surface area contributed by atoms with Gasteiger partial charge in [0.2, 0.25) is 0 Å². The van der Waals surface area contributed by atoms with E-state index in [0.717, 1.165) is 11.6 Å². The Balaban J connectivity index is 1.97. The van der Waals surface area contributed by atoms with Crippen molar-refractivity contribution in [3.63, 3.8) is 0 Å². The van der Waals surface area contributed by atoms with Crippen molar-refractivity contribution in [2.75, 3.05) is 13.6 Å². The van der Waals surface area contributed by atoms with Crippen molar-refractivity contribution in [1.29, 1.82) is 0 Å². The molecule has 1 unspecified atom stereocenters. The molecule has 0 bridgehead atoms. The van der Waals surface area contributed by atoms with E-state index in [1.807, 2.05) is 14.0 Å². The number of aromatic nitrogens is 1. The molecule has 4 nitrogen and oxygen atoms in total. The Labute approximate surface area is 106 Å². The third-order valence-corrected chi connectivity index (χ3v) is 4.28. The number of nitrogens with two attached hydrogens (primary N) is 1. The molecule has 2 N–H and O–H groups in total. The van der Waals surface area contributed by atoms with Gasteiger partial charge in [-0.3, -0.25) is 4.79 Å². The molecular formula is C12H19N3OS. The van der Waals surface area contributed by atoms with Gasteiger partial charge in [-0.1, -0.05) is 6.42 Å². The van der Waals surface area contributed by atoms with Gasteiger partial charge in [-0.15, -0.1) is 11.3 Å². The number of carbonyl (C=O) groups is 1. The summed E-state index contributed by atoms with van der Waals surface area (Å²) in [5.41, 5.74) is 6.27. The van der Waals surface area contributed by atoms with E-state index in [1.165, 1.54) is 30.6 Å². The van der Waals surface area contributed by atoms with Crippen LogP contribution in [0.25, 0.3) is 0 Å². The number of rotatable bonds is 4. The Kier molecular flexibility index (Phi) is 3.79. The van der Waals surface area contributed by atoms with E-state index in [9.17, 15) is 4.79 Å². The van der Waals surface area contributed by atoms with E-state index in [2.05, 4.69) is 4.98 Å². The van der Waals surface area contributed by atoms with Gasteiger partial charge >= 0.3 is 0 Å². The molecule has 1 aromatic rings. The van der Waals surface area contributed by atoms with Crippen molar-refractivity contribution < 1.29 is 4.79 Å². The smallest absolute Gasteiger partial charge is 0.273 e. The van der Waals surface area contributed by atoms with Gasteiger partial charge in [0.05, 0.1) is 6.04 Å². The third-order valence-electron chi connectivity index (χ3n) is 3.23. The molecule has 1 atom stereocenters. The summed E-state index contributed by atoms with van der Waals surface area (Å²) in [5, 5.41) is 2.63. The monoisotopic (exact) mass is 253 g/mol. The Morgan fingerprint density at radius 2 is 2.41 bits per heavy atom. The highest BCUT2D eigenvalue weighted by Crippen LogP contribution is 2.27. The molecule has 5 heteroatoms. The Bertz CT molecular complexity index is 398. The molecule has 0 aromatic carbocycles. The highest BCUT2D eigenvalue weighted by atomic mass is 32.1. The number of nitrogens with zero attached hydrogens (tertiary/aromatic N) is 2. The van der Waals surface area contributed by atoms with Gasteiger partial charge < -0.3 is 10.6 Å². The average molecular weight is 253 g/mol. The minimum Gasteiger partial charge on any atom is -0.340 e. The molecule has 1 saturated carbocycles. The van der Waals surface area contributed by atoms with Crippen molar-refractivity contribution in [3.05, 3.63) is 16.1 Å². The maximum absolute atomic E-state index is 12.1. The van der Waals surface area contributed by atoms with Gasteiger partial charge in [-0.25, -0.2) is 4.98 Å². The molecule has 0 aliphatic heterocycles. The molecule has 94 valence electrons. The van der Waals surface area contributed by atoms with Crippen molar-refractivity contribution >= 4 is 17.2 Å². The van der Waals surface area contributed by atoms with Crippen molar-refractivity contribution in [3.8, 4) is 0 Å². The summed E-state index contributed by atoms with van der Waals surface area (Å²) in [5.74, 6) is 0.704. The second-order valence-electron chi connectivity index (χ2n) is 4.84. The second kappa shape index (κ2) is 5.14. The Hall–Kier alpha value is -0.940. The van der Waals surface area contributed by atoms with Crippen LogP contribution in [0.15, 0.2) is 5.38 Å². The molecule has 1 amide bonds. The maximum atomic E-state index is 12.1. The number of amides is 1. The predicted molar refractivity (Wildman–Crippen MR) is 69.0 cm³/mol. The van der Waals surface area contributed by atoms with E-state index in [4.69, 9.17) is 5.73 Å². The zero-order valence-corrected chi connectivity index (χ0v) is 11.2. The summed E-state index contributed by atoms with van der Waals surface area (Å²) in [6.07, 6.45) is 3.80. The lowest BCUT2D eigenvalue weighted by molar-refractivity contribution is 0.0740. The van der Waals surface area contributed by atoms with Crippen LogP contribution in [0, 0.1) is 5.92 Å². The van der Waals surface area contributed by atoms with Gasteiger partial charge in [-0.2, -0.15) is 0 Å². The first-order valence-corrected chi connectivity index (χ1v) is 6.92. The van der Waals surface area contributed by atoms with E-state index in [0.29, 0.717) is 11.6 Å². The van der Waals surface area contributed by atoms with E-state index < -0.39 is 0 Å². The summed E-state index contributed by atoms with van der Waals surface area (Å²) in [4.78, 5) is 18.2. The molecule has 1 heterocycles. The van der Waals surface area contributed by atoms with Crippen LogP contribution in [0.3, 0.4) is 0 Å². The summed E-state index contributed by atoms with van der Waals surface area (Å²) < 4.78 is 0. The molecule has 0 spiro atoms. The lowest BCUT2D eigenvalue weighted by Crippen LogP contribution is -2.34. The summed E-state index contributed by atoms with van der Waals surface area (Å²) >= 11 is 1.46. The first kappa shape index (κ1) is 12.5. The van der Waals surface area contributed by atoms with Gasteiger partial charge in [0.15, 0.2) is 0 Å². The fourth-order valence-corrected chi connectivity index (χ4v) is 2.69. The van der Waals surface area contributed by atoms with Crippen LogP contribution < -0.4 is 5.73 Å². The fourth-order valence-electron chi connectivity index (χ4n) is 1.94. The van der Waals surface area contributed by atoms with Gasteiger partial charge in [0.25, 0.3) is 5.91 Å². The first-order chi connectivity index (χ1) is 8.08. The summed E-state index contributed by atoms with van der Waals surface area (Å²) in [7, 11) is 1.85. The first-order valence-electron chi connectivity index (χ1n) is 6.04. The van der Waals surface area contributed by atoms with Gasteiger partial charge in [0.1, 0.15) is 10.7 Å². The van der Waals surface area contributed by atoms with E-state index in [1.54, 1.807) is 10.3 Å². The average Bonchev–Trinajstić information content (AvgIpc) is 2.71. The number of thiazole rings is 1. The minimum atomic E-state index is -0.0986. The molecule has 0 radical (unpaired) electrons. The maximum Gasteiger partial charge on any atom is 0.273 e. The number of carbonyl (C=O) groups excluding carboxylic acids is 1. The molecule has 1 aromatic heterocycles. The zero-order chi connectivity index (χ0) is 12.4. The van der Waals surface area contributed by atoms with Crippen LogP contribution in [0.5, 0.6) is 0 Å². The predicted octanol–water partition coefficient (Wildman–Crippen LogP) is 2.03. The minimum absolute atomic E-state index is 0.0139. The topological polar surface area (TPSA) is 59.2 Å². The number of hydrogen-bond acceptors (Lipinski definition) is 4. The second-order valence-corrected chi connectivity index (χ2v) is 5.73. The Morgan fingerprint density at radius 3 is 2.88 bits per heavy atom. The molecule has 0 saturated heterocycles. The fraction of sp³-hybridized carbons (Fsp3) is 0.667. The Morgan fingerprint density at radius 1 is 1.71 bits per heavy atom. The summed E-state index contributed by atoms with van der Waals surface area (Å²) in [6.45, 7) is 2.73. The normalized spacial score (nSPS) is 17.6. The molecule has 1 fully saturated rings. The van der Waals surface area contributed by atoms with Crippen LogP contribution >= 0.6 is 11.3 Å². The van der Waals surface area contributed by atoms with E-state index >= 15 is 0 Å². The van der Waals surface area contributed by atoms with Crippen molar-refractivity contribution in [2.45, 2.75) is 32.2 Å². The highest BCUT2D eigenvalue weighted by Gasteiger charge is 2.23. The quantitative estimate of drug-likeness (QED) is 0.893. The van der Waals surface area contributed by atoms with Crippen LogP contribution in [-0.2, 0) is 0 Å². The zero-order valence-electron chi connectivity index (χ0n) is 10.3. The highest BCUT2D eigenvalue weighted by molar-refractivity contribution is 7.09. The summed E-state index contributed by atoms with van der Waals surface area (Å²) in [6, 6.07) is -0.0986. The molecule has 17 heavy (non-hydrogen) atoms. The largest absolute Gasteiger partial charge is 0.340 e. The number of hydrogen-bond donors (Lipinski definition) is 1. The molecule has 1 aliphatic rings. The van der Waals surface area contributed by atoms with Crippen LogP contribution in [0.1, 0.15) is 47.7 Å². The molecular weight excluding hydrogens is 234 g/mol. The lowest BCUT2D eigenvalue weighted by Gasteiger charge is -2.29. The van der Waals surface area contributed by atoms with E-state index in [-0.39, 0.29) is 11.9 Å². The van der Waals surface area contributed by atoms with Crippen LogP contribution in [0.4, 0.5) is 0 Å². The molecule has 1 aliphatic carbocycles. The van der Waals surface area contributed by atoms with Crippen molar-refractivity contribution in [2.24, 2.45) is 11.7 Å². The SMILES string of the molecule is CC(N)c1nc(C(=O)N(C)CC2CCC2)cs1. The lowest BCUT2D eigenvalue weighted by atomic mass is 9.85. The standard InChI is InChI=1S/C12H19N3OS/c1-8(13)11-14-10(7-17-11)12(16)15(2)6-9-4-3-5-9/h7-9H,3-6,13H2,1-2H3. The van der Waals surface area contributed by atoms with Crippen LogP contribution in [0.2, 0.25) is 0 Å². The van der Waals surface area contributed by atoms with Gasteiger partial charge in [-0.05, 0) is 25.7 Å². The van der Waals surface area contributed by atoms with Crippen LogP contribution in [-0.4, -0.2) is 29.4 Å². The molecule has 2 rings (SSSR count). The van der Waals surface area contributed by atoms with Gasteiger partial charge in [0, 0.05) is 19.0 Å². The van der Waals surface area contributed by atoms with Crippen molar-refractivity contribution in [1.82, 2.24) is 9.88 Å². The third kappa shape index (κ3) is 2.84.